The van der Waals surface area contributed by atoms with Gasteiger partial charge in [0.1, 0.15) is 0 Å². The largest absolute Gasteiger partial charge is 0.481 e. The summed E-state index contributed by atoms with van der Waals surface area (Å²) in [6.45, 7) is 0.585. The number of hydrogen-bond acceptors (Lipinski definition) is 4. The van der Waals surface area contributed by atoms with Crippen LogP contribution in [0.1, 0.15) is 18.5 Å². The minimum absolute atomic E-state index is 0.0327. The normalized spacial score (nSPS) is 20.9. The van der Waals surface area contributed by atoms with Crippen molar-refractivity contribution in [2.75, 3.05) is 0 Å². The molecule has 2 atom stereocenters. The fourth-order valence-electron chi connectivity index (χ4n) is 2.69. The van der Waals surface area contributed by atoms with Crippen LogP contribution in [0.2, 0.25) is 0 Å². The first-order valence-corrected chi connectivity index (χ1v) is 8.23. The maximum Gasteiger partial charge on any atom is 0.308 e. The van der Waals surface area contributed by atoms with E-state index in [4.69, 9.17) is 0 Å². The molecule has 3 rings (SSSR count). The Morgan fingerprint density at radius 3 is 2.91 bits per heavy atom. The number of nitrogens with zero attached hydrogens (tertiary/aromatic N) is 1. The Kier molecular flexibility index (Phi) is 4.65. The third kappa shape index (κ3) is 3.43. The van der Waals surface area contributed by atoms with Gasteiger partial charge in [0, 0.05) is 12.6 Å². The average molecular weight is 314 g/mol. The van der Waals surface area contributed by atoms with Crippen LogP contribution in [0.4, 0.5) is 0 Å². The maximum absolute atomic E-state index is 11.3. The molecule has 0 aromatic carbocycles. The van der Waals surface area contributed by atoms with Crippen LogP contribution in [-0.2, 0) is 11.3 Å². The average Bonchev–Trinajstić information content (AvgIpc) is 3.08. The second-order valence-electron chi connectivity index (χ2n) is 5.37. The van der Waals surface area contributed by atoms with E-state index in [9.17, 15) is 9.90 Å². The highest BCUT2D eigenvalue weighted by molar-refractivity contribution is 7.13. The van der Waals surface area contributed by atoms with Gasteiger partial charge in [-0.15, -0.1) is 11.3 Å². The van der Waals surface area contributed by atoms with Gasteiger partial charge < -0.3 is 10.4 Å². The highest BCUT2D eigenvalue weighted by atomic mass is 32.1. The summed E-state index contributed by atoms with van der Waals surface area (Å²) >= 11 is 1.67. The number of aromatic nitrogens is 1. The predicted octanol–water partition coefficient (Wildman–Crippen LogP) is 3.32. The summed E-state index contributed by atoms with van der Waals surface area (Å²) in [7, 11) is 0. The van der Waals surface area contributed by atoms with Crippen LogP contribution in [0.15, 0.2) is 47.9 Å². The molecule has 0 aliphatic heterocycles. The van der Waals surface area contributed by atoms with Crippen molar-refractivity contribution < 1.29 is 9.90 Å². The van der Waals surface area contributed by atoms with Crippen molar-refractivity contribution in [3.63, 3.8) is 0 Å². The van der Waals surface area contributed by atoms with Crippen LogP contribution < -0.4 is 5.32 Å². The van der Waals surface area contributed by atoms with Crippen molar-refractivity contribution in [1.82, 2.24) is 10.3 Å². The summed E-state index contributed by atoms with van der Waals surface area (Å²) in [5, 5.41) is 14.7. The number of carboxylic acid groups (broad SMARTS) is 1. The molecule has 0 saturated carbocycles. The molecule has 2 aromatic rings. The van der Waals surface area contributed by atoms with Crippen LogP contribution in [0.5, 0.6) is 0 Å². The van der Waals surface area contributed by atoms with Crippen molar-refractivity contribution in [3.05, 3.63) is 53.6 Å². The molecule has 22 heavy (non-hydrogen) atoms. The summed E-state index contributed by atoms with van der Waals surface area (Å²) in [5.74, 6) is -1.09. The van der Waals surface area contributed by atoms with Gasteiger partial charge in [0.25, 0.3) is 0 Å². The molecule has 0 unspecified atom stereocenters. The first kappa shape index (κ1) is 14.9. The monoisotopic (exact) mass is 314 g/mol. The van der Waals surface area contributed by atoms with Crippen molar-refractivity contribution in [3.8, 4) is 10.6 Å². The second kappa shape index (κ2) is 6.85. The molecule has 0 spiro atoms. The topological polar surface area (TPSA) is 62.2 Å². The summed E-state index contributed by atoms with van der Waals surface area (Å²) in [6, 6.07) is 10.00. The standard InChI is InChI=1S/C17H18N2O2S/c20-17(21)13-6-1-2-7-14(13)18-11-12-5-3-8-15(19-12)16-9-4-10-22-16/h1-5,8-10,13-14,18H,6-7,11H2,(H,20,21)/t13-,14+/m1/s1. The molecule has 0 bridgehead atoms. The molecule has 0 radical (unpaired) electrons. The molecule has 0 amide bonds. The van der Waals surface area contributed by atoms with E-state index in [0.717, 1.165) is 22.7 Å². The Morgan fingerprint density at radius 2 is 2.14 bits per heavy atom. The third-order valence-electron chi connectivity index (χ3n) is 3.88. The summed E-state index contributed by atoms with van der Waals surface area (Å²) in [4.78, 5) is 17.1. The van der Waals surface area contributed by atoms with Gasteiger partial charge in [-0.2, -0.15) is 0 Å². The molecule has 5 heteroatoms. The first-order valence-electron chi connectivity index (χ1n) is 7.35. The smallest absolute Gasteiger partial charge is 0.308 e. The van der Waals surface area contributed by atoms with E-state index in [1.165, 1.54) is 0 Å². The fraction of sp³-hybridized carbons (Fsp3) is 0.294. The van der Waals surface area contributed by atoms with Crippen LogP contribution in [0.3, 0.4) is 0 Å². The summed E-state index contributed by atoms with van der Waals surface area (Å²) < 4.78 is 0. The number of thiophene rings is 1. The van der Waals surface area contributed by atoms with E-state index in [1.807, 2.05) is 41.8 Å². The Hall–Kier alpha value is -1.98. The number of hydrogen-bond donors (Lipinski definition) is 2. The number of rotatable bonds is 5. The molecule has 0 fully saturated rings. The lowest BCUT2D eigenvalue weighted by atomic mass is 9.89. The highest BCUT2D eigenvalue weighted by Crippen LogP contribution is 2.23. The number of carbonyl (C=O) groups is 1. The number of carboxylic acids is 1. The van der Waals surface area contributed by atoms with E-state index in [0.29, 0.717) is 13.0 Å². The maximum atomic E-state index is 11.3. The van der Waals surface area contributed by atoms with Crippen molar-refractivity contribution >= 4 is 17.3 Å². The molecule has 2 N–H and O–H groups in total. The summed E-state index contributed by atoms with van der Waals surface area (Å²) in [5.41, 5.74) is 1.90. The zero-order valence-corrected chi connectivity index (χ0v) is 12.9. The van der Waals surface area contributed by atoms with Crippen LogP contribution >= 0.6 is 11.3 Å². The van der Waals surface area contributed by atoms with Crippen LogP contribution in [0.25, 0.3) is 10.6 Å². The van der Waals surface area contributed by atoms with Crippen LogP contribution in [0, 0.1) is 5.92 Å². The lowest BCUT2D eigenvalue weighted by Crippen LogP contribution is -2.40. The van der Waals surface area contributed by atoms with Gasteiger partial charge in [-0.25, -0.2) is 0 Å². The summed E-state index contributed by atoms with van der Waals surface area (Å²) in [6.07, 6.45) is 5.34. The molecular weight excluding hydrogens is 296 g/mol. The molecule has 114 valence electrons. The Balaban J connectivity index is 1.67. The van der Waals surface area contributed by atoms with Gasteiger partial charge in [-0.3, -0.25) is 9.78 Å². The van der Waals surface area contributed by atoms with E-state index >= 15 is 0 Å². The third-order valence-corrected chi connectivity index (χ3v) is 4.77. The van der Waals surface area contributed by atoms with Gasteiger partial charge in [0.05, 0.1) is 22.2 Å². The SMILES string of the molecule is O=C(O)[C@@H]1CC=CC[C@@H]1NCc1cccc(-c2cccs2)n1. The first-order chi connectivity index (χ1) is 10.7. The number of allylic oxidation sites excluding steroid dienone is 1. The molecule has 1 aliphatic rings. The lowest BCUT2D eigenvalue weighted by molar-refractivity contribution is -0.142. The lowest BCUT2D eigenvalue weighted by Gasteiger charge is -2.26. The molecule has 1 aliphatic carbocycles. The Labute approximate surface area is 133 Å². The van der Waals surface area contributed by atoms with Crippen molar-refractivity contribution in [2.45, 2.75) is 25.4 Å². The number of nitrogens with one attached hydrogen (secondary N) is 1. The molecule has 0 saturated heterocycles. The van der Waals surface area contributed by atoms with E-state index in [-0.39, 0.29) is 12.0 Å². The zero-order valence-electron chi connectivity index (χ0n) is 12.1. The van der Waals surface area contributed by atoms with Crippen LogP contribution in [-0.4, -0.2) is 22.1 Å². The number of aliphatic carboxylic acids is 1. The fourth-order valence-corrected chi connectivity index (χ4v) is 3.38. The quantitative estimate of drug-likeness (QED) is 0.831. The minimum Gasteiger partial charge on any atom is -0.481 e. The van der Waals surface area contributed by atoms with Gasteiger partial charge in [0.15, 0.2) is 0 Å². The van der Waals surface area contributed by atoms with Crippen molar-refractivity contribution in [1.29, 1.82) is 0 Å². The zero-order chi connectivity index (χ0) is 15.4. The minimum atomic E-state index is -0.734. The molecule has 2 aromatic heterocycles. The molecule has 2 heterocycles. The molecular formula is C17H18N2O2S. The van der Waals surface area contributed by atoms with E-state index in [1.54, 1.807) is 11.3 Å². The predicted molar refractivity (Wildman–Crippen MR) is 87.7 cm³/mol. The molecule has 4 nitrogen and oxygen atoms in total. The second-order valence-corrected chi connectivity index (χ2v) is 6.31. The highest BCUT2D eigenvalue weighted by Gasteiger charge is 2.28. The van der Waals surface area contributed by atoms with Gasteiger partial charge in [-0.1, -0.05) is 24.3 Å². The van der Waals surface area contributed by atoms with Gasteiger partial charge >= 0.3 is 5.97 Å². The van der Waals surface area contributed by atoms with E-state index in [2.05, 4.69) is 16.4 Å². The Morgan fingerprint density at radius 1 is 1.27 bits per heavy atom. The van der Waals surface area contributed by atoms with Gasteiger partial charge in [-0.05, 0) is 36.4 Å². The van der Waals surface area contributed by atoms with Crippen molar-refractivity contribution in [2.24, 2.45) is 5.92 Å². The Bertz CT molecular complexity index is 667. The number of pyridine rings is 1. The van der Waals surface area contributed by atoms with Gasteiger partial charge in [0.2, 0.25) is 0 Å². The van der Waals surface area contributed by atoms with E-state index < -0.39 is 5.97 Å².